The lowest BCUT2D eigenvalue weighted by atomic mass is 9.87. The van der Waals surface area contributed by atoms with Crippen molar-refractivity contribution < 1.29 is 4.79 Å². The van der Waals surface area contributed by atoms with Gasteiger partial charge in [0.05, 0.1) is 5.54 Å². The second kappa shape index (κ2) is 6.02. The van der Waals surface area contributed by atoms with E-state index in [1.807, 2.05) is 4.90 Å². The molecule has 2 heterocycles. The monoisotopic (exact) mass is 281 g/mol. The van der Waals surface area contributed by atoms with E-state index in [1.54, 1.807) is 0 Å². The number of rotatable bonds is 2. The zero-order chi connectivity index (χ0) is 14.9. The fraction of sp³-hybridized carbons (Fsp3) is 0.938. The highest BCUT2D eigenvalue weighted by molar-refractivity contribution is 5.85. The molecule has 0 bridgehead atoms. The van der Waals surface area contributed by atoms with E-state index >= 15 is 0 Å². The number of piperidine rings is 2. The summed E-state index contributed by atoms with van der Waals surface area (Å²) in [6.07, 6.45) is 3.16. The minimum atomic E-state index is -0.385. The number of hydrogen-bond acceptors (Lipinski definition) is 3. The number of nitrogens with zero attached hydrogens (tertiary/aromatic N) is 2. The molecule has 2 aliphatic rings. The average molecular weight is 281 g/mol. The first-order valence-electron chi connectivity index (χ1n) is 8.10. The van der Waals surface area contributed by atoms with Gasteiger partial charge in [0.15, 0.2) is 0 Å². The van der Waals surface area contributed by atoms with Crippen LogP contribution in [0, 0.1) is 11.8 Å². The van der Waals surface area contributed by atoms with Gasteiger partial charge >= 0.3 is 0 Å². The van der Waals surface area contributed by atoms with E-state index in [2.05, 4.69) is 32.6 Å². The Morgan fingerprint density at radius 3 is 2.10 bits per heavy atom. The summed E-state index contributed by atoms with van der Waals surface area (Å²) in [6.45, 7) is 12.5. The molecule has 0 spiro atoms. The SMILES string of the molecule is CC1CC(C)CN(C(C)(C)C(=O)N2CCC(N)CC2)C1. The van der Waals surface area contributed by atoms with Gasteiger partial charge in [0, 0.05) is 32.2 Å². The largest absolute Gasteiger partial charge is 0.341 e. The summed E-state index contributed by atoms with van der Waals surface area (Å²) in [7, 11) is 0. The molecule has 0 aromatic rings. The van der Waals surface area contributed by atoms with Crippen molar-refractivity contribution in [2.75, 3.05) is 26.2 Å². The number of nitrogens with two attached hydrogens (primary N) is 1. The molecule has 2 rings (SSSR count). The summed E-state index contributed by atoms with van der Waals surface area (Å²) in [5, 5.41) is 0. The minimum Gasteiger partial charge on any atom is -0.341 e. The first-order valence-corrected chi connectivity index (χ1v) is 8.10. The third-order valence-electron chi connectivity index (χ3n) is 5.01. The van der Waals surface area contributed by atoms with E-state index in [-0.39, 0.29) is 17.5 Å². The summed E-state index contributed by atoms with van der Waals surface area (Å²) in [6, 6.07) is 0.275. The van der Waals surface area contributed by atoms with Gasteiger partial charge in [-0.15, -0.1) is 0 Å². The highest BCUT2D eigenvalue weighted by Crippen LogP contribution is 2.29. The first-order chi connectivity index (χ1) is 9.30. The topological polar surface area (TPSA) is 49.6 Å². The Balaban J connectivity index is 2.03. The maximum Gasteiger partial charge on any atom is 0.242 e. The van der Waals surface area contributed by atoms with Crippen molar-refractivity contribution in [2.45, 2.75) is 58.5 Å². The highest BCUT2D eigenvalue weighted by Gasteiger charge is 2.41. The number of carbonyl (C=O) groups is 1. The predicted molar refractivity (Wildman–Crippen MR) is 82.4 cm³/mol. The highest BCUT2D eigenvalue weighted by atomic mass is 16.2. The Morgan fingerprint density at radius 2 is 1.60 bits per heavy atom. The molecule has 0 radical (unpaired) electrons. The third-order valence-corrected chi connectivity index (χ3v) is 5.01. The first kappa shape index (κ1) is 15.8. The van der Waals surface area contributed by atoms with Crippen LogP contribution in [0.1, 0.15) is 47.0 Å². The Hall–Kier alpha value is -0.610. The van der Waals surface area contributed by atoms with Gasteiger partial charge in [-0.1, -0.05) is 13.8 Å². The Bertz CT molecular complexity index is 338. The normalized spacial score (nSPS) is 30.6. The third kappa shape index (κ3) is 3.34. The minimum absolute atomic E-state index is 0.275. The fourth-order valence-corrected chi connectivity index (χ4v) is 3.74. The summed E-state index contributed by atoms with van der Waals surface area (Å²) in [5.74, 6) is 1.65. The summed E-state index contributed by atoms with van der Waals surface area (Å²) in [5.41, 5.74) is 5.55. The van der Waals surface area contributed by atoms with Crippen LogP contribution in [0.4, 0.5) is 0 Å². The van der Waals surface area contributed by atoms with Crippen molar-refractivity contribution in [1.29, 1.82) is 0 Å². The quantitative estimate of drug-likeness (QED) is 0.838. The molecular weight excluding hydrogens is 250 g/mol. The molecule has 2 N–H and O–H groups in total. The molecule has 0 saturated carbocycles. The lowest BCUT2D eigenvalue weighted by Gasteiger charge is -2.46. The molecule has 4 nitrogen and oxygen atoms in total. The molecule has 0 aliphatic carbocycles. The van der Waals surface area contributed by atoms with Crippen LogP contribution in [0.25, 0.3) is 0 Å². The molecule has 0 aromatic carbocycles. The standard InChI is InChI=1S/C16H31N3O/c1-12-9-13(2)11-19(10-12)16(3,4)15(20)18-7-5-14(17)6-8-18/h12-14H,5-11,17H2,1-4H3. The van der Waals surface area contributed by atoms with Gasteiger partial charge in [-0.25, -0.2) is 0 Å². The van der Waals surface area contributed by atoms with E-state index in [1.165, 1.54) is 6.42 Å². The van der Waals surface area contributed by atoms with Crippen LogP contribution in [-0.2, 0) is 4.79 Å². The van der Waals surface area contributed by atoms with E-state index in [0.717, 1.165) is 39.0 Å². The van der Waals surface area contributed by atoms with Crippen molar-refractivity contribution in [1.82, 2.24) is 9.80 Å². The van der Waals surface area contributed by atoms with Gasteiger partial charge in [0.25, 0.3) is 0 Å². The number of likely N-dealkylation sites (tertiary alicyclic amines) is 2. The zero-order valence-electron chi connectivity index (χ0n) is 13.6. The van der Waals surface area contributed by atoms with E-state index in [4.69, 9.17) is 5.73 Å². The Morgan fingerprint density at radius 1 is 1.10 bits per heavy atom. The molecule has 2 atom stereocenters. The van der Waals surface area contributed by atoms with Crippen molar-refractivity contribution in [3.05, 3.63) is 0 Å². The van der Waals surface area contributed by atoms with Crippen LogP contribution in [0.2, 0.25) is 0 Å². The van der Waals surface area contributed by atoms with Crippen LogP contribution in [0.15, 0.2) is 0 Å². The van der Waals surface area contributed by atoms with Crippen LogP contribution >= 0.6 is 0 Å². The lowest BCUT2D eigenvalue weighted by molar-refractivity contribution is -0.145. The van der Waals surface area contributed by atoms with Crippen LogP contribution in [-0.4, -0.2) is 53.5 Å². The van der Waals surface area contributed by atoms with Crippen molar-refractivity contribution in [3.8, 4) is 0 Å². The lowest BCUT2D eigenvalue weighted by Crippen LogP contribution is -2.60. The smallest absolute Gasteiger partial charge is 0.242 e. The Kier molecular flexibility index (Phi) is 4.75. The van der Waals surface area contributed by atoms with Crippen LogP contribution in [0.5, 0.6) is 0 Å². The van der Waals surface area contributed by atoms with Crippen LogP contribution in [0.3, 0.4) is 0 Å². The number of carbonyl (C=O) groups excluding carboxylic acids is 1. The predicted octanol–water partition coefficient (Wildman–Crippen LogP) is 1.69. The molecule has 0 aromatic heterocycles. The summed E-state index contributed by atoms with van der Waals surface area (Å²) >= 11 is 0. The van der Waals surface area contributed by atoms with Gasteiger partial charge in [-0.2, -0.15) is 0 Å². The van der Waals surface area contributed by atoms with E-state index in [0.29, 0.717) is 11.8 Å². The van der Waals surface area contributed by atoms with E-state index < -0.39 is 0 Å². The molecule has 2 saturated heterocycles. The maximum absolute atomic E-state index is 12.9. The molecule has 116 valence electrons. The summed E-state index contributed by atoms with van der Waals surface area (Å²) in [4.78, 5) is 17.3. The zero-order valence-corrected chi connectivity index (χ0v) is 13.6. The van der Waals surface area contributed by atoms with Gasteiger partial charge in [-0.3, -0.25) is 9.69 Å². The van der Waals surface area contributed by atoms with Crippen LogP contribution < -0.4 is 5.73 Å². The second-order valence-corrected chi connectivity index (χ2v) is 7.54. The van der Waals surface area contributed by atoms with Gasteiger partial charge < -0.3 is 10.6 Å². The van der Waals surface area contributed by atoms with Crippen molar-refractivity contribution in [2.24, 2.45) is 17.6 Å². The van der Waals surface area contributed by atoms with E-state index in [9.17, 15) is 4.79 Å². The molecule has 2 unspecified atom stereocenters. The number of amides is 1. The van der Waals surface area contributed by atoms with Crippen molar-refractivity contribution >= 4 is 5.91 Å². The second-order valence-electron chi connectivity index (χ2n) is 7.54. The van der Waals surface area contributed by atoms with Gasteiger partial charge in [0.1, 0.15) is 0 Å². The molecule has 4 heteroatoms. The van der Waals surface area contributed by atoms with Gasteiger partial charge in [0.2, 0.25) is 5.91 Å². The molecule has 20 heavy (non-hydrogen) atoms. The Labute approximate surface area is 123 Å². The molecule has 2 fully saturated rings. The fourth-order valence-electron chi connectivity index (χ4n) is 3.74. The number of hydrogen-bond donors (Lipinski definition) is 1. The molecular formula is C16H31N3O. The summed E-state index contributed by atoms with van der Waals surface area (Å²) < 4.78 is 0. The van der Waals surface area contributed by atoms with Crippen molar-refractivity contribution in [3.63, 3.8) is 0 Å². The average Bonchev–Trinajstić information content (AvgIpc) is 2.37. The molecule has 1 amide bonds. The van der Waals surface area contributed by atoms with Gasteiger partial charge in [-0.05, 0) is 44.9 Å². The molecule has 2 aliphatic heterocycles. The maximum atomic E-state index is 12.9.